The van der Waals surface area contributed by atoms with Crippen molar-refractivity contribution in [2.75, 3.05) is 13.2 Å². The molecule has 24 heavy (non-hydrogen) atoms. The minimum Gasteiger partial charge on any atom is -0.379 e. The Morgan fingerprint density at radius 1 is 1.33 bits per heavy atom. The average molecular weight is 328 g/mol. The van der Waals surface area contributed by atoms with E-state index < -0.39 is 0 Å². The number of hydrogen-bond donors (Lipinski definition) is 1. The van der Waals surface area contributed by atoms with Gasteiger partial charge in [-0.2, -0.15) is 0 Å². The number of aromatic nitrogens is 3. The lowest BCUT2D eigenvalue weighted by molar-refractivity contribution is -0.122. The van der Waals surface area contributed by atoms with E-state index in [4.69, 9.17) is 4.74 Å². The van der Waals surface area contributed by atoms with Crippen LogP contribution in [0.15, 0.2) is 36.9 Å². The van der Waals surface area contributed by atoms with E-state index in [0.717, 1.165) is 18.7 Å². The van der Waals surface area contributed by atoms with E-state index in [1.165, 1.54) is 5.56 Å². The second-order valence-electron chi connectivity index (χ2n) is 6.17. The monoisotopic (exact) mass is 328 g/mol. The Kier molecular flexibility index (Phi) is 5.59. The zero-order valence-electron chi connectivity index (χ0n) is 14.0. The molecule has 1 amide bonds. The van der Waals surface area contributed by atoms with Gasteiger partial charge >= 0.3 is 0 Å². The molecule has 1 aliphatic heterocycles. The first kappa shape index (κ1) is 16.6. The third-order valence-corrected chi connectivity index (χ3v) is 4.49. The second kappa shape index (κ2) is 8.06. The molecular weight excluding hydrogens is 304 g/mol. The van der Waals surface area contributed by atoms with Gasteiger partial charge in [-0.3, -0.25) is 9.78 Å². The highest BCUT2D eigenvalue weighted by atomic mass is 16.5. The molecule has 1 N–H and O–H groups in total. The Balaban J connectivity index is 1.50. The lowest BCUT2D eigenvalue weighted by Crippen LogP contribution is -2.40. The quantitative estimate of drug-likeness (QED) is 0.838. The molecule has 0 bridgehead atoms. The molecule has 0 radical (unpaired) electrons. The van der Waals surface area contributed by atoms with Crippen molar-refractivity contribution < 1.29 is 9.53 Å². The SMILES string of the molecule is CCc1nccn1CCC(=O)N[C@@H]1COC[C@H]1Cc1ccncc1. The Bertz CT molecular complexity index is 656. The zero-order chi connectivity index (χ0) is 16.8. The molecule has 1 saturated heterocycles. The summed E-state index contributed by atoms with van der Waals surface area (Å²) in [5, 5.41) is 3.14. The number of pyridine rings is 1. The van der Waals surface area contributed by atoms with Gasteiger partial charge in [0, 0.05) is 50.1 Å². The molecule has 1 fully saturated rings. The van der Waals surface area contributed by atoms with E-state index in [1.54, 1.807) is 18.6 Å². The molecule has 2 atom stereocenters. The van der Waals surface area contributed by atoms with Crippen molar-refractivity contribution in [3.63, 3.8) is 0 Å². The summed E-state index contributed by atoms with van der Waals surface area (Å²) in [6.45, 7) is 4.01. The molecule has 6 nitrogen and oxygen atoms in total. The van der Waals surface area contributed by atoms with Crippen LogP contribution in [-0.2, 0) is 28.9 Å². The minimum absolute atomic E-state index is 0.0704. The zero-order valence-corrected chi connectivity index (χ0v) is 14.0. The summed E-state index contributed by atoms with van der Waals surface area (Å²) in [4.78, 5) is 20.6. The van der Waals surface area contributed by atoms with E-state index in [9.17, 15) is 4.79 Å². The molecule has 1 aliphatic rings. The second-order valence-corrected chi connectivity index (χ2v) is 6.17. The summed E-state index contributed by atoms with van der Waals surface area (Å²) in [5.74, 6) is 1.40. The molecule has 0 aliphatic carbocycles. The molecule has 128 valence electrons. The highest BCUT2D eigenvalue weighted by Gasteiger charge is 2.29. The van der Waals surface area contributed by atoms with E-state index in [1.807, 2.05) is 22.9 Å². The number of imidazole rings is 1. The summed E-state index contributed by atoms with van der Waals surface area (Å²) in [5.41, 5.74) is 1.23. The van der Waals surface area contributed by atoms with Gasteiger partial charge in [0.2, 0.25) is 5.91 Å². The third-order valence-electron chi connectivity index (χ3n) is 4.49. The number of nitrogens with zero attached hydrogens (tertiary/aromatic N) is 3. The average Bonchev–Trinajstić information content (AvgIpc) is 3.23. The number of carbonyl (C=O) groups is 1. The number of hydrogen-bond acceptors (Lipinski definition) is 4. The van der Waals surface area contributed by atoms with Gasteiger partial charge in [-0.1, -0.05) is 6.92 Å². The molecule has 2 aromatic rings. The van der Waals surface area contributed by atoms with Crippen molar-refractivity contribution in [2.45, 2.75) is 38.8 Å². The van der Waals surface area contributed by atoms with Crippen molar-refractivity contribution in [3.05, 3.63) is 48.3 Å². The molecule has 2 aromatic heterocycles. The summed E-state index contributed by atoms with van der Waals surface area (Å²) in [6.07, 6.45) is 9.55. The predicted molar refractivity (Wildman–Crippen MR) is 90.4 cm³/mol. The molecule has 0 spiro atoms. The van der Waals surface area contributed by atoms with Gasteiger partial charge < -0.3 is 14.6 Å². The highest BCUT2D eigenvalue weighted by molar-refractivity contribution is 5.76. The fraction of sp³-hybridized carbons (Fsp3) is 0.500. The largest absolute Gasteiger partial charge is 0.379 e. The third kappa shape index (κ3) is 4.20. The first-order valence-corrected chi connectivity index (χ1v) is 8.52. The number of nitrogens with one attached hydrogen (secondary N) is 1. The lowest BCUT2D eigenvalue weighted by Gasteiger charge is -2.19. The first-order chi connectivity index (χ1) is 11.8. The topological polar surface area (TPSA) is 69.0 Å². The van der Waals surface area contributed by atoms with Crippen LogP contribution in [0.1, 0.15) is 24.7 Å². The molecule has 3 heterocycles. The van der Waals surface area contributed by atoms with E-state index >= 15 is 0 Å². The van der Waals surface area contributed by atoms with E-state index in [2.05, 4.69) is 22.2 Å². The van der Waals surface area contributed by atoms with Gasteiger partial charge in [-0.05, 0) is 24.1 Å². The Hall–Kier alpha value is -2.21. The Morgan fingerprint density at radius 2 is 2.17 bits per heavy atom. The van der Waals surface area contributed by atoms with Gasteiger partial charge in [-0.25, -0.2) is 4.98 Å². The van der Waals surface area contributed by atoms with Crippen LogP contribution in [0.25, 0.3) is 0 Å². The van der Waals surface area contributed by atoms with Crippen LogP contribution in [0.5, 0.6) is 0 Å². The van der Waals surface area contributed by atoms with Crippen LogP contribution >= 0.6 is 0 Å². The van der Waals surface area contributed by atoms with Gasteiger partial charge in [0.15, 0.2) is 0 Å². The predicted octanol–water partition coefficient (Wildman–Crippen LogP) is 1.60. The molecule has 3 rings (SSSR count). The molecule has 0 saturated carbocycles. The number of amides is 1. The summed E-state index contributed by atoms with van der Waals surface area (Å²) >= 11 is 0. The van der Waals surface area contributed by atoms with Crippen molar-refractivity contribution in [1.29, 1.82) is 0 Å². The fourth-order valence-electron chi connectivity index (χ4n) is 3.14. The fourth-order valence-corrected chi connectivity index (χ4v) is 3.14. The van der Waals surface area contributed by atoms with Crippen LogP contribution in [0.4, 0.5) is 0 Å². The standard InChI is InChI=1S/C18H24N4O2/c1-2-17-20-8-10-22(17)9-5-18(23)21-16-13-24-12-15(16)11-14-3-6-19-7-4-14/h3-4,6-8,10,15-16H,2,5,9,11-13H2,1H3,(H,21,23)/t15-,16-/m1/s1. The van der Waals surface area contributed by atoms with Crippen LogP contribution < -0.4 is 5.32 Å². The maximum atomic E-state index is 12.3. The van der Waals surface area contributed by atoms with Crippen molar-refractivity contribution >= 4 is 5.91 Å². The van der Waals surface area contributed by atoms with Crippen LogP contribution in [0, 0.1) is 5.92 Å². The minimum atomic E-state index is 0.0704. The van der Waals surface area contributed by atoms with Crippen molar-refractivity contribution in [1.82, 2.24) is 19.9 Å². The normalized spacial score (nSPS) is 20.2. The maximum Gasteiger partial charge on any atom is 0.222 e. The molecular formula is C18H24N4O2. The van der Waals surface area contributed by atoms with Crippen LogP contribution in [0.2, 0.25) is 0 Å². The Labute approximate surface area is 142 Å². The number of rotatable bonds is 7. The van der Waals surface area contributed by atoms with Crippen LogP contribution in [0.3, 0.4) is 0 Å². The highest BCUT2D eigenvalue weighted by Crippen LogP contribution is 2.19. The smallest absolute Gasteiger partial charge is 0.222 e. The lowest BCUT2D eigenvalue weighted by atomic mass is 9.95. The maximum absolute atomic E-state index is 12.3. The summed E-state index contributed by atoms with van der Waals surface area (Å²) < 4.78 is 7.63. The van der Waals surface area contributed by atoms with Crippen molar-refractivity contribution in [2.24, 2.45) is 5.92 Å². The van der Waals surface area contributed by atoms with E-state index in [-0.39, 0.29) is 11.9 Å². The van der Waals surface area contributed by atoms with Gasteiger partial charge in [-0.15, -0.1) is 0 Å². The van der Waals surface area contributed by atoms with Crippen molar-refractivity contribution in [3.8, 4) is 0 Å². The number of ether oxygens (including phenoxy) is 1. The van der Waals surface area contributed by atoms with E-state index in [0.29, 0.717) is 32.1 Å². The van der Waals surface area contributed by atoms with Gasteiger partial charge in [0.25, 0.3) is 0 Å². The van der Waals surface area contributed by atoms with Gasteiger partial charge in [0.1, 0.15) is 5.82 Å². The number of aryl methyl sites for hydroxylation is 2. The first-order valence-electron chi connectivity index (χ1n) is 8.52. The molecule has 0 unspecified atom stereocenters. The number of carbonyl (C=O) groups excluding carboxylic acids is 1. The molecule has 0 aromatic carbocycles. The van der Waals surface area contributed by atoms with Gasteiger partial charge in [0.05, 0.1) is 19.3 Å². The van der Waals surface area contributed by atoms with Crippen LogP contribution in [-0.4, -0.2) is 39.7 Å². The molecule has 6 heteroatoms. The summed E-state index contributed by atoms with van der Waals surface area (Å²) in [7, 11) is 0. The Morgan fingerprint density at radius 3 is 2.96 bits per heavy atom. The summed E-state index contributed by atoms with van der Waals surface area (Å²) in [6, 6.07) is 4.12.